The van der Waals surface area contributed by atoms with Gasteiger partial charge in [-0.1, -0.05) is 24.3 Å². The number of rotatable bonds is 4. The third kappa shape index (κ3) is 3.18. The SMILES string of the molecule is COC(=O)c1ccc(-c2ccc(-c3ccc(N(C)C)cc3)[nH]2)cc1. The number of nitrogens with zero attached hydrogens (tertiary/aromatic N) is 1. The zero-order valence-electron chi connectivity index (χ0n) is 14.0. The molecule has 122 valence electrons. The molecule has 1 aromatic heterocycles. The molecule has 0 bridgehead atoms. The third-order valence-electron chi connectivity index (χ3n) is 4.00. The van der Waals surface area contributed by atoms with Gasteiger partial charge in [0.2, 0.25) is 0 Å². The molecule has 0 saturated heterocycles. The molecule has 0 aliphatic heterocycles. The van der Waals surface area contributed by atoms with Crippen LogP contribution in [0.25, 0.3) is 22.5 Å². The summed E-state index contributed by atoms with van der Waals surface area (Å²) in [6.45, 7) is 0. The average molecular weight is 320 g/mol. The summed E-state index contributed by atoms with van der Waals surface area (Å²) in [7, 11) is 5.44. The maximum Gasteiger partial charge on any atom is 0.337 e. The fourth-order valence-corrected chi connectivity index (χ4v) is 2.57. The number of anilines is 1. The first-order chi connectivity index (χ1) is 11.6. The minimum atomic E-state index is -0.324. The lowest BCUT2D eigenvalue weighted by Gasteiger charge is -2.12. The predicted octanol–water partition coefficient (Wildman–Crippen LogP) is 4.20. The standard InChI is InChI=1S/C20H20N2O2/c1-22(2)17-10-8-15(9-11-17)19-13-12-18(21-19)14-4-6-16(7-5-14)20(23)24-3/h4-13,21H,1-3H3. The van der Waals surface area contributed by atoms with Gasteiger partial charge in [0, 0.05) is 31.2 Å². The summed E-state index contributed by atoms with van der Waals surface area (Å²) in [4.78, 5) is 17.0. The summed E-state index contributed by atoms with van der Waals surface area (Å²) in [5.74, 6) is -0.324. The number of H-pyrrole nitrogens is 1. The number of benzene rings is 2. The summed E-state index contributed by atoms with van der Waals surface area (Å²) in [5.41, 5.74) is 5.96. The number of esters is 1. The predicted molar refractivity (Wildman–Crippen MR) is 97.3 cm³/mol. The van der Waals surface area contributed by atoms with E-state index in [-0.39, 0.29) is 5.97 Å². The number of hydrogen-bond acceptors (Lipinski definition) is 3. The van der Waals surface area contributed by atoms with E-state index < -0.39 is 0 Å². The van der Waals surface area contributed by atoms with Gasteiger partial charge in [0.1, 0.15) is 0 Å². The summed E-state index contributed by atoms with van der Waals surface area (Å²) >= 11 is 0. The molecule has 1 heterocycles. The number of aromatic nitrogens is 1. The normalized spacial score (nSPS) is 10.5. The first-order valence-electron chi connectivity index (χ1n) is 7.74. The van der Waals surface area contributed by atoms with Crippen molar-refractivity contribution in [2.75, 3.05) is 26.1 Å². The molecule has 2 aromatic carbocycles. The van der Waals surface area contributed by atoms with Gasteiger partial charge >= 0.3 is 5.97 Å². The van der Waals surface area contributed by atoms with Gasteiger partial charge in [-0.2, -0.15) is 0 Å². The first kappa shape index (κ1) is 15.9. The number of nitrogens with one attached hydrogen (secondary N) is 1. The van der Waals surface area contributed by atoms with E-state index >= 15 is 0 Å². The zero-order chi connectivity index (χ0) is 17.1. The van der Waals surface area contributed by atoms with Crippen LogP contribution < -0.4 is 4.90 Å². The topological polar surface area (TPSA) is 45.3 Å². The summed E-state index contributed by atoms with van der Waals surface area (Å²) in [5, 5.41) is 0. The van der Waals surface area contributed by atoms with E-state index in [1.165, 1.54) is 12.8 Å². The summed E-state index contributed by atoms with van der Waals surface area (Å²) < 4.78 is 4.72. The maximum atomic E-state index is 11.5. The number of carbonyl (C=O) groups excluding carboxylic acids is 1. The van der Waals surface area contributed by atoms with Crippen LogP contribution in [0.4, 0.5) is 5.69 Å². The van der Waals surface area contributed by atoms with Crippen molar-refractivity contribution in [2.45, 2.75) is 0 Å². The van der Waals surface area contributed by atoms with E-state index in [0.29, 0.717) is 5.56 Å². The van der Waals surface area contributed by atoms with Crippen LogP contribution in [0.1, 0.15) is 10.4 Å². The van der Waals surface area contributed by atoms with Gasteiger partial charge in [-0.15, -0.1) is 0 Å². The van der Waals surface area contributed by atoms with E-state index in [1.54, 1.807) is 12.1 Å². The Hall–Kier alpha value is -3.01. The van der Waals surface area contributed by atoms with E-state index in [9.17, 15) is 4.79 Å². The minimum absolute atomic E-state index is 0.324. The quantitative estimate of drug-likeness (QED) is 0.733. The fourth-order valence-electron chi connectivity index (χ4n) is 2.57. The van der Waals surface area contributed by atoms with Crippen LogP contribution in [0.15, 0.2) is 60.7 Å². The van der Waals surface area contributed by atoms with E-state index in [2.05, 4.69) is 40.2 Å². The molecule has 3 rings (SSSR count). The number of methoxy groups -OCH3 is 1. The Balaban J connectivity index is 1.83. The van der Waals surface area contributed by atoms with Gasteiger partial charge < -0.3 is 14.6 Å². The van der Waals surface area contributed by atoms with Crippen LogP contribution in [0.3, 0.4) is 0 Å². The van der Waals surface area contributed by atoms with Gasteiger partial charge in [-0.05, 0) is 47.5 Å². The molecule has 0 aliphatic carbocycles. The molecule has 4 heteroatoms. The molecule has 0 atom stereocenters. The molecule has 0 saturated carbocycles. The molecular formula is C20H20N2O2. The van der Waals surface area contributed by atoms with E-state index in [0.717, 1.165) is 22.5 Å². The molecular weight excluding hydrogens is 300 g/mol. The average Bonchev–Trinajstić information content (AvgIpc) is 3.11. The molecule has 0 spiro atoms. The van der Waals surface area contributed by atoms with Crippen molar-refractivity contribution in [3.63, 3.8) is 0 Å². The van der Waals surface area contributed by atoms with Gasteiger partial charge in [0.25, 0.3) is 0 Å². The van der Waals surface area contributed by atoms with E-state index in [1.807, 2.05) is 32.3 Å². The molecule has 1 N–H and O–H groups in total. The van der Waals surface area contributed by atoms with Crippen LogP contribution in [0.5, 0.6) is 0 Å². The van der Waals surface area contributed by atoms with Crippen molar-refractivity contribution in [1.82, 2.24) is 4.98 Å². The highest BCUT2D eigenvalue weighted by Gasteiger charge is 2.07. The van der Waals surface area contributed by atoms with Gasteiger partial charge in [-0.25, -0.2) is 4.79 Å². The van der Waals surface area contributed by atoms with Crippen molar-refractivity contribution < 1.29 is 9.53 Å². The lowest BCUT2D eigenvalue weighted by Crippen LogP contribution is -2.07. The number of carbonyl (C=O) groups is 1. The van der Waals surface area contributed by atoms with E-state index in [4.69, 9.17) is 4.74 Å². The molecule has 0 aliphatic rings. The maximum absolute atomic E-state index is 11.5. The largest absolute Gasteiger partial charge is 0.465 e. The Morgan fingerprint density at radius 3 is 1.79 bits per heavy atom. The zero-order valence-corrected chi connectivity index (χ0v) is 14.0. The summed E-state index contributed by atoms with van der Waals surface area (Å²) in [6.07, 6.45) is 0. The second-order valence-corrected chi connectivity index (χ2v) is 5.80. The highest BCUT2D eigenvalue weighted by atomic mass is 16.5. The molecule has 0 unspecified atom stereocenters. The van der Waals surface area contributed by atoms with Crippen LogP contribution in [0, 0.1) is 0 Å². The molecule has 3 aromatic rings. The Kier molecular flexibility index (Phi) is 4.38. The smallest absolute Gasteiger partial charge is 0.337 e. The first-order valence-corrected chi connectivity index (χ1v) is 7.74. The lowest BCUT2D eigenvalue weighted by atomic mass is 10.1. The number of aromatic amines is 1. The molecule has 4 nitrogen and oxygen atoms in total. The molecule has 0 fully saturated rings. The van der Waals surface area contributed by atoms with Gasteiger partial charge in [0.05, 0.1) is 12.7 Å². The molecule has 24 heavy (non-hydrogen) atoms. The van der Waals surface area contributed by atoms with Crippen molar-refractivity contribution in [3.05, 3.63) is 66.2 Å². The highest BCUT2D eigenvalue weighted by molar-refractivity contribution is 5.89. The molecule has 0 amide bonds. The second-order valence-electron chi connectivity index (χ2n) is 5.80. The fraction of sp³-hybridized carbons (Fsp3) is 0.150. The van der Waals surface area contributed by atoms with Gasteiger partial charge in [0.15, 0.2) is 0 Å². The van der Waals surface area contributed by atoms with Crippen LogP contribution in [-0.4, -0.2) is 32.2 Å². The Bertz CT molecular complexity index is 831. The Morgan fingerprint density at radius 1 is 0.833 bits per heavy atom. The van der Waals surface area contributed by atoms with Crippen molar-refractivity contribution in [1.29, 1.82) is 0 Å². The monoisotopic (exact) mass is 320 g/mol. The third-order valence-corrected chi connectivity index (χ3v) is 4.00. The van der Waals surface area contributed by atoms with Crippen molar-refractivity contribution >= 4 is 11.7 Å². The minimum Gasteiger partial charge on any atom is -0.465 e. The second kappa shape index (κ2) is 6.62. The highest BCUT2D eigenvalue weighted by Crippen LogP contribution is 2.26. The van der Waals surface area contributed by atoms with Crippen LogP contribution in [0.2, 0.25) is 0 Å². The lowest BCUT2D eigenvalue weighted by molar-refractivity contribution is 0.0601. The summed E-state index contributed by atoms with van der Waals surface area (Å²) in [6, 6.07) is 19.9. The number of ether oxygens (including phenoxy) is 1. The van der Waals surface area contributed by atoms with Crippen LogP contribution in [-0.2, 0) is 4.74 Å². The Morgan fingerprint density at radius 2 is 1.33 bits per heavy atom. The molecule has 0 radical (unpaired) electrons. The Labute approximate surface area is 141 Å². The van der Waals surface area contributed by atoms with Gasteiger partial charge in [-0.3, -0.25) is 0 Å². The number of hydrogen-bond donors (Lipinski definition) is 1. The van der Waals surface area contributed by atoms with Crippen LogP contribution >= 0.6 is 0 Å². The van der Waals surface area contributed by atoms with Crippen molar-refractivity contribution in [3.8, 4) is 22.5 Å². The van der Waals surface area contributed by atoms with Crippen molar-refractivity contribution in [2.24, 2.45) is 0 Å².